The van der Waals surface area contributed by atoms with Gasteiger partial charge in [0, 0.05) is 31.2 Å². The van der Waals surface area contributed by atoms with Crippen molar-refractivity contribution in [1.29, 1.82) is 0 Å². The summed E-state index contributed by atoms with van der Waals surface area (Å²) in [5.41, 5.74) is 6.57. The standard InChI is InChI=1S/C21H22N6O3S/c22-18(29)13-6-8-25(9-7-13)17(28)10-15-12-31-21-24-19-16(20(30)26(15)21)11-23-27(19)14-4-2-1-3-5-14/h1-5,11,13,15H,6-10,12H2,(H2,22,29)/t15-/m0/s1. The minimum absolute atomic E-state index is 0.00616. The van der Waals surface area contributed by atoms with E-state index in [1.165, 1.54) is 11.8 Å². The first-order valence-corrected chi connectivity index (χ1v) is 11.3. The number of piperidine rings is 1. The van der Waals surface area contributed by atoms with E-state index in [1.54, 1.807) is 20.3 Å². The molecule has 2 aliphatic heterocycles. The number of nitrogens with zero attached hydrogens (tertiary/aromatic N) is 5. The molecule has 1 fully saturated rings. The number of benzene rings is 1. The maximum Gasteiger partial charge on any atom is 0.265 e. The van der Waals surface area contributed by atoms with Gasteiger partial charge in [-0.1, -0.05) is 30.0 Å². The number of para-hydroxylation sites is 1. The van der Waals surface area contributed by atoms with Gasteiger partial charge in [-0.2, -0.15) is 5.10 Å². The molecule has 2 aliphatic rings. The van der Waals surface area contributed by atoms with Gasteiger partial charge in [-0.05, 0) is 25.0 Å². The molecule has 3 aromatic rings. The third-order valence-electron chi connectivity index (χ3n) is 6.03. The van der Waals surface area contributed by atoms with Crippen molar-refractivity contribution >= 4 is 34.6 Å². The molecule has 2 N–H and O–H groups in total. The van der Waals surface area contributed by atoms with Gasteiger partial charge in [0.25, 0.3) is 5.56 Å². The number of thioether (sulfide) groups is 1. The van der Waals surface area contributed by atoms with Crippen LogP contribution in [0, 0.1) is 5.92 Å². The first-order valence-electron chi connectivity index (χ1n) is 10.3. The van der Waals surface area contributed by atoms with E-state index in [4.69, 9.17) is 10.7 Å². The number of likely N-dealkylation sites (tertiary alicyclic amines) is 1. The van der Waals surface area contributed by atoms with E-state index in [2.05, 4.69) is 5.10 Å². The molecule has 5 rings (SSSR count). The summed E-state index contributed by atoms with van der Waals surface area (Å²) in [6, 6.07) is 9.32. The molecular weight excluding hydrogens is 416 g/mol. The normalized spacial score (nSPS) is 19.0. The lowest BCUT2D eigenvalue weighted by Gasteiger charge is -2.31. The van der Waals surface area contributed by atoms with Crippen LogP contribution in [0.25, 0.3) is 16.7 Å². The Hall–Kier alpha value is -3.14. The molecule has 0 unspecified atom stereocenters. The Morgan fingerprint density at radius 1 is 1.16 bits per heavy atom. The van der Waals surface area contributed by atoms with Crippen molar-refractivity contribution in [1.82, 2.24) is 24.2 Å². The van der Waals surface area contributed by atoms with E-state index in [0.717, 1.165) is 5.69 Å². The fraction of sp³-hybridized carbons (Fsp3) is 0.381. The van der Waals surface area contributed by atoms with Crippen molar-refractivity contribution in [3.05, 3.63) is 46.9 Å². The Balaban J connectivity index is 1.39. The van der Waals surface area contributed by atoms with E-state index in [1.807, 2.05) is 30.3 Å². The number of nitrogens with two attached hydrogens (primary N) is 1. The summed E-state index contributed by atoms with van der Waals surface area (Å²) < 4.78 is 3.30. The average Bonchev–Trinajstić information content (AvgIpc) is 3.39. The van der Waals surface area contributed by atoms with Gasteiger partial charge in [-0.15, -0.1) is 0 Å². The minimum Gasteiger partial charge on any atom is -0.369 e. The van der Waals surface area contributed by atoms with Crippen LogP contribution in [-0.4, -0.2) is 54.9 Å². The molecule has 0 spiro atoms. The molecule has 1 atom stereocenters. The molecule has 1 aromatic carbocycles. The van der Waals surface area contributed by atoms with E-state index in [9.17, 15) is 14.4 Å². The summed E-state index contributed by atoms with van der Waals surface area (Å²) in [4.78, 5) is 43.9. The van der Waals surface area contributed by atoms with Crippen LogP contribution >= 0.6 is 11.8 Å². The largest absolute Gasteiger partial charge is 0.369 e. The molecule has 0 radical (unpaired) electrons. The van der Waals surface area contributed by atoms with Crippen LogP contribution < -0.4 is 11.3 Å². The monoisotopic (exact) mass is 438 g/mol. The van der Waals surface area contributed by atoms with Crippen molar-refractivity contribution in [3.8, 4) is 5.69 Å². The van der Waals surface area contributed by atoms with Gasteiger partial charge in [0.1, 0.15) is 5.39 Å². The molecule has 10 heteroatoms. The van der Waals surface area contributed by atoms with Gasteiger partial charge >= 0.3 is 0 Å². The first kappa shape index (κ1) is 19.8. The zero-order chi connectivity index (χ0) is 21.5. The molecule has 160 valence electrons. The first-order chi connectivity index (χ1) is 15.0. The van der Waals surface area contributed by atoms with E-state index < -0.39 is 0 Å². The number of hydrogen-bond acceptors (Lipinski definition) is 6. The highest BCUT2D eigenvalue weighted by atomic mass is 32.2. The third kappa shape index (κ3) is 3.50. The number of carbonyl (C=O) groups is 2. The van der Waals surface area contributed by atoms with Gasteiger partial charge in [-0.3, -0.25) is 19.0 Å². The molecular formula is C21H22N6O3S. The second-order valence-electron chi connectivity index (χ2n) is 7.93. The van der Waals surface area contributed by atoms with E-state index >= 15 is 0 Å². The van der Waals surface area contributed by atoms with Crippen LogP contribution in [0.5, 0.6) is 0 Å². The van der Waals surface area contributed by atoms with Crippen molar-refractivity contribution in [2.45, 2.75) is 30.5 Å². The average molecular weight is 439 g/mol. The summed E-state index contributed by atoms with van der Waals surface area (Å²) in [7, 11) is 0. The highest BCUT2D eigenvalue weighted by Crippen LogP contribution is 2.34. The predicted octanol–water partition coefficient (Wildman–Crippen LogP) is 1.34. The van der Waals surface area contributed by atoms with Gasteiger partial charge in [0.05, 0.1) is 17.9 Å². The van der Waals surface area contributed by atoms with Crippen molar-refractivity contribution in [3.63, 3.8) is 0 Å². The molecule has 0 saturated carbocycles. The molecule has 0 aliphatic carbocycles. The van der Waals surface area contributed by atoms with Gasteiger partial charge in [0.2, 0.25) is 11.8 Å². The maximum absolute atomic E-state index is 13.2. The Labute approximate surface area is 182 Å². The fourth-order valence-corrected chi connectivity index (χ4v) is 5.41. The smallest absolute Gasteiger partial charge is 0.265 e. The van der Waals surface area contributed by atoms with Crippen LogP contribution in [0.15, 0.2) is 46.5 Å². The second-order valence-corrected chi connectivity index (χ2v) is 8.91. The number of primary amides is 1. The number of amides is 2. The summed E-state index contributed by atoms with van der Waals surface area (Å²) in [5, 5.41) is 5.42. The van der Waals surface area contributed by atoms with Crippen LogP contribution in [0.3, 0.4) is 0 Å². The topological polar surface area (TPSA) is 116 Å². The van der Waals surface area contributed by atoms with Gasteiger partial charge < -0.3 is 10.6 Å². The Morgan fingerprint density at radius 2 is 1.90 bits per heavy atom. The van der Waals surface area contributed by atoms with Crippen LogP contribution in [0.4, 0.5) is 0 Å². The van der Waals surface area contributed by atoms with Gasteiger partial charge in [-0.25, -0.2) is 9.67 Å². The molecule has 2 amide bonds. The zero-order valence-electron chi connectivity index (χ0n) is 16.8. The van der Waals surface area contributed by atoms with Crippen molar-refractivity contribution in [2.24, 2.45) is 11.7 Å². The SMILES string of the molecule is NC(=O)C1CCN(C(=O)C[C@H]2CSc3nc4c(cnn4-c4ccccc4)c(=O)n32)CC1. The quantitative estimate of drug-likeness (QED) is 0.615. The Morgan fingerprint density at radius 3 is 2.61 bits per heavy atom. The number of hydrogen-bond donors (Lipinski definition) is 1. The summed E-state index contributed by atoms with van der Waals surface area (Å²) in [5.74, 6) is 0.157. The zero-order valence-corrected chi connectivity index (χ0v) is 17.6. The number of carbonyl (C=O) groups excluding carboxylic acids is 2. The van der Waals surface area contributed by atoms with Gasteiger partial charge in [0.15, 0.2) is 10.8 Å². The van der Waals surface area contributed by atoms with Crippen molar-refractivity contribution in [2.75, 3.05) is 18.8 Å². The lowest BCUT2D eigenvalue weighted by molar-refractivity contribution is -0.135. The number of rotatable bonds is 4. The highest BCUT2D eigenvalue weighted by Gasteiger charge is 2.32. The van der Waals surface area contributed by atoms with Crippen LogP contribution in [0.2, 0.25) is 0 Å². The fourth-order valence-electron chi connectivity index (χ4n) is 4.28. The Bertz CT molecular complexity index is 1210. The molecule has 9 nitrogen and oxygen atoms in total. The molecule has 4 heterocycles. The maximum atomic E-state index is 13.2. The summed E-state index contributed by atoms with van der Waals surface area (Å²) in [6.07, 6.45) is 2.97. The second kappa shape index (κ2) is 7.84. The van der Waals surface area contributed by atoms with E-state index in [0.29, 0.717) is 47.9 Å². The molecule has 31 heavy (non-hydrogen) atoms. The number of aromatic nitrogens is 4. The highest BCUT2D eigenvalue weighted by molar-refractivity contribution is 7.99. The minimum atomic E-state index is -0.300. The predicted molar refractivity (Wildman–Crippen MR) is 116 cm³/mol. The summed E-state index contributed by atoms with van der Waals surface area (Å²) in [6.45, 7) is 1.05. The van der Waals surface area contributed by atoms with E-state index in [-0.39, 0.29) is 35.8 Å². The van der Waals surface area contributed by atoms with Crippen LogP contribution in [-0.2, 0) is 9.59 Å². The molecule has 0 bridgehead atoms. The van der Waals surface area contributed by atoms with Crippen LogP contribution in [0.1, 0.15) is 25.3 Å². The summed E-state index contributed by atoms with van der Waals surface area (Å²) >= 11 is 1.48. The third-order valence-corrected chi connectivity index (χ3v) is 7.13. The lowest BCUT2D eigenvalue weighted by atomic mass is 9.96. The Kier molecular flexibility index (Phi) is 5.01. The molecule has 1 saturated heterocycles. The van der Waals surface area contributed by atoms with Crippen molar-refractivity contribution < 1.29 is 9.59 Å². The lowest BCUT2D eigenvalue weighted by Crippen LogP contribution is -2.42. The molecule has 2 aromatic heterocycles. The number of fused-ring (bicyclic) bond motifs is 2.